The number of piperidine rings is 1. The first-order valence-electron chi connectivity index (χ1n) is 11.1. The predicted octanol–water partition coefficient (Wildman–Crippen LogP) is 2.76. The molecule has 2 atom stereocenters. The molecule has 0 bridgehead atoms. The van der Waals surface area contributed by atoms with E-state index >= 15 is 0 Å². The molecule has 4 rings (SSSR count). The fourth-order valence-corrected chi connectivity index (χ4v) is 4.29. The Balaban J connectivity index is 1.57. The summed E-state index contributed by atoms with van der Waals surface area (Å²) in [5.41, 5.74) is -1.64. The van der Waals surface area contributed by atoms with E-state index in [1.165, 1.54) is 19.1 Å². The molecule has 0 aromatic heterocycles. The molecule has 3 heterocycles. The number of nitrogens with one attached hydrogen (secondary N) is 1. The number of halogens is 3. The van der Waals surface area contributed by atoms with Crippen LogP contribution in [-0.4, -0.2) is 63.9 Å². The average Bonchev–Trinajstić information content (AvgIpc) is 3.18. The van der Waals surface area contributed by atoms with Gasteiger partial charge in [-0.15, -0.1) is 6.42 Å². The van der Waals surface area contributed by atoms with Crippen LogP contribution in [0.3, 0.4) is 0 Å². The summed E-state index contributed by atoms with van der Waals surface area (Å²) in [6.07, 6.45) is 4.82. The van der Waals surface area contributed by atoms with Crippen molar-refractivity contribution in [3.63, 3.8) is 0 Å². The summed E-state index contributed by atoms with van der Waals surface area (Å²) in [6.45, 7) is 4.85. The van der Waals surface area contributed by atoms with Gasteiger partial charge in [0.05, 0.1) is 29.8 Å². The molecule has 10 heteroatoms. The highest BCUT2D eigenvalue weighted by molar-refractivity contribution is 6.25. The van der Waals surface area contributed by atoms with Crippen LogP contribution in [0.1, 0.15) is 50.3 Å². The zero-order valence-electron chi connectivity index (χ0n) is 18.9. The number of carbonyl (C=O) groups is 1. The number of hydrogen-bond acceptors (Lipinski definition) is 6. The van der Waals surface area contributed by atoms with Gasteiger partial charge in [-0.2, -0.15) is 5.10 Å². The van der Waals surface area contributed by atoms with E-state index in [1.54, 1.807) is 11.1 Å². The van der Waals surface area contributed by atoms with Crippen LogP contribution < -0.4 is 5.32 Å². The normalized spacial score (nSPS) is 22.4. The lowest BCUT2D eigenvalue weighted by Gasteiger charge is -2.37. The van der Waals surface area contributed by atoms with Gasteiger partial charge in [-0.1, -0.05) is 24.1 Å². The number of terminal acetylenes is 1. The number of nitrogens with zero attached hydrogens (tertiary/aromatic N) is 4. The van der Waals surface area contributed by atoms with Gasteiger partial charge in [0, 0.05) is 31.5 Å². The molecule has 0 saturated carbocycles. The van der Waals surface area contributed by atoms with Gasteiger partial charge >= 0.3 is 0 Å². The van der Waals surface area contributed by atoms with Gasteiger partial charge in [0.25, 0.3) is 12.3 Å². The van der Waals surface area contributed by atoms with E-state index in [0.717, 1.165) is 6.07 Å². The number of likely N-dealkylation sites (tertiary alicyclic amines) is 1. The van der Waals surface area contributed by atoms with Crippen molar-refractivity contribution in [2.75, 3.05) is 19.6 Å². The van der Waals surface area contributed by atoms with Crippen LogP contribution in [0.25, 0.3) is 0 Å². The van der Waals surface area contributed by atoms with Crippen LogP contribution in [0.5, 0.6) is 0 Å². The van der Waals surface area contributed by atoms with Crippen LogP contribution >= 0.6 is 0 Å². The van der Waals surface area contributed by atoms with Crippen LogP contribution in [0.2, 0.25) is 0 Å². The van der Waals surface area contributed by atoms with Crippen LogP contribution in [0, 0.1) is 18.2 Å². The molecule has 0 unspecified atom stereocenters. The average molecular weight is 473 g/mol. The van der Waals surface area contributed by atoms with Crippen molar-refractivity contribution in [3.8, 4) is 12.3 Å². The quantitative estimate of drug-likeness (QED) is 0.660. The highest BCUT2D eigenvalue weighted by Crippen LogP contribution is 2.29. The van der Waals surface area contributed by atoms with E-state index in [-0.39, 0.29) is 17.2 Å². The molecule has 3 aliphatic heterocycles. The second kappa shape index (κ2) is 9.14. The maximum atomic E-state index is 14.6. The molecular formula is C24H26F3N5O2. The van der Waals surface area contributed by atoms with E-state index < -0.39 is 35.4 Å². The first kappa shape index (κ1) is 23.8. The summed E-state index contributed by atoms with van der Waals surface area (Å²) in [4.78, 5) is 19.7. The summed E-state index contributed by atoms with van der Waals surface area (Å²) in [5, 5.41) is 19.3. The summed E-state index contributed by atoms with van der Waals surface area (Å²) in [5.74, 6) is 1.82. The zero-order chi connectivity index (χ0) is 24.6. The number of hydrazone groups is 1. The summed E-state index contributed by atoms with van der Waals surface area (Å²) in [6, 6.07) is 2.79. The minimum atomic E-state index is -2.96. The Kier molecular flexibility index (Phi) is 6.41. The third kappa shape index (κ3) is 4.53. The molecule has 1 fully saturated rings. The fourth-order valence-electron chi connectivity index (χ4n) is 4.29. The smallest absolute Gasteiger partial charge is 0.266 e. The zero-order valence-corrected chi connectivity index (χ0v) is 18.9. The highest BCUT2D eigenvalue weighted by atomic mass is 19.3. The molecular weight excluding hydrogens is 447 g/mol. The standard InChI is InChI=1S/C24H26F3N5O2/c1-4-24(34)8-10-31(11-9-24)19-12-18(22-28-14(2)13-32(22)30-19)23(33)29-15(3)16-6-5-7-17(20(16)25)21(26)27/h1,5-7,12,14-15,21,34H,8-11,13H2,2-3H3,(H,29,33)/t14-,15-/m1/s1. The molecule has 7 nitrogen and oxygen atoms in total. The van der Waals surface area contributed by atoms with Crippen molar-refractivity contribution >= 4 is 17.6 Å². The van der Waals surface area contributed by atoms with Crippen LogP contribution in [0.4, 0.5) is 13.2 Å². The number of aliphatic imine (C=N–C) groups is 1. The topological polar surface area (TPSA) is 80.5 Å². The van der Waals surface area contributed by atoms with E-state index in [1.807, 2.05) is 11.8 Å². The first-order chi connectivity index (χ1) is 16.1. The molecule has 180 valence electrons. The Hall–Kier alpha value is -3.32. The van der Waals surface area contributed by atoms with Crippen molar-refractivity contribution in [2.24, 2.45) is 10.1 Å². The maximum absolute atomic E-state index is 14.6. The molecule has 0 radical (unpaired) electrons. The molecule has 0 spiro atoms. The van der Waals surface area contributed by atoms with Crippen LogP contribution in [-0.2, 0) is 4.79 Å². The lowest BCUT2D eigenvalue weighted by atomic mass is 9.92. The van der Waals surface area contributed by atoms with Gasteiger partial charge in [-0.3, -0.25) is 9.79 Å². The number of alkyl halides is 2. The van der Waals surface area contributed by atoms with Gasteiger partial charge in [-0.05, 0) is 19.9 Å². The van der Waals surface area contributed by atoms with E-state index in [2.05, 4.69) is 21.3 Å². The van der Waals surface area contributed by atoms with Crippen molar-refractivity contribution in [1.29, 1.82) is 0 Å². The largest absolute Gasteiger partial charge is 0.377 e. The van der Waals surface area contributed by atoms with E-state index in [4.69, 9.17) is 6.42 Å². The maximum Gasteiger partial charge on any atom is 0.266 e. The SMILES string of the molecule is C#CC1(O)CCN(C2=NN3C[C@@H](C)N=C3C(C(=O)N[C@H](C)c3cccc(C(F)F)c3F)=C2)CC1. The third-order valence-corrected chi connectivity index (χ3v) is 6.30. The number of hydrogen-bond donors (Lipinski definition) is 2. The van der Waals surface area contributed by atoms with Crippen molar-refractivity contribution < 1.29 is 23.1 Å². The number of aliphatic hydroxyl groups is 1. The van der Waals surface area contributed by atoms with Crippen molar-refractivity contribution in [3.05, 3.63) is 46.8 Å². The Labute approximate surface area is 196 Å². The molecule has 1 amide bonds. The number of benzene rings is 1. The second-order valence-corrected chi connectivity index (χ2v) is 8.81. The van der Waals surface area contributed by atoms with Crippen LogP contribution in [0.15, 0.2) is 39.9 Å². The molecule has 0 aliphatic carbocycles. The molecule has 1 aromatic rings. The monoisotopic (exact) mass is 473 g/mol. The van der Waals surface area contributed by atoms with Gasteiger partial charge in [0.15, 0.2) is 5.84 Å². The number of rotatable bonds is 4. The third-order valence-electron chi connectivity index (χ3n) is 6.30. The molecule has 2 N–H and O–H groups in total. The Morgan fingerprint density at radius 3 is 2.65 bits per heavy atom. The van der Waals surface area contributed by atoms with Gasteiger partial charge in [0.2, 0.25) is 0 Å². The minimum absolute atomic E-state index is 0.0281. The van der Waals surface area contributed by atoms with Crippen molar-refractivity contribution in [2.45, 2.75) is 50.8 Å². The number of amidine groups is 2. The number of carbonyl (C=O) groups excluding carboxylic acids is 1. The van der Waals surface area contributed by atoms with E-state index in [0.29, 0.717) is 44.1 Å². The summed E-state index contributed by atoms with van der Waals surface area (Å²) < 4.78 is 40.8. The summed E-state index contributed by atoms with van der Waals surface area (Å²) in [7, 11) is 0. The second-order valence-electron chi connectivity index (χ2n) is 8.81. The van der Waals surface area contributed by atoms with Crippen molar-refractivity contribution in [1.82, 2.24) is 15.2 Å². The number of amides is 1. The minimum Gasteiger partial charge on any atom is -0.377 e. The van der Waals surface area contributed by atoms with E-state index in [9.17, 15) is 23.1 Å². The Morgan fingerprint density at radius 2 is 2.00 bits per heavy atom. The number of fused-ring (bicyclic) bond motifs is 1. The Morgan fingerprint density at radius 1 is 1.32 bits per heavy atom. The fraction of sp³-hybridized carbons (Fsp3) is 0.458. The molecule has 1 saturated heterocycles. The predicted molar refractivity (Wildman–Crippen MR) is 122 cm³/mol. The van der Waals surface area contributed by atoms with Gasteiger partial charge in [0.1, 0.15) is 17.3 Å². The summed E-state index contributed by atoms with van der Waals surface area (Å²) >= 11 is 0. The Bertz CT molecular complexity index is 1120. The molecule has 3 aliphatic rings. The lowest BCUT2D eigenvalue weighted by Crippen LogP contribution is -2.48. The molecule has 1 aromatic carbocycles. The molecule has 34 heavy (non-hydrogen) atoms. The highest BCUT2D eigenvalue weighted by Gasteiger charge is 2.36. The van der Waals surface area contributed by atoms with Gasteiger partial charge < -0.3 is 15.3 Å². The first-order valence-corrected chi connectivity index (χ1v) is 11.1. The lowest BCUT2D eigenvalue weighted by molar-refractivity contribution is -0.117. The van der Waals surface area contributed by atoms with Gasteiger partial charge in [-0.25, -0.2) is 18.2 Å².